The van der Waals surface area contributed by atoms with E-state index in [2.05, 4.69) is 10.3 Å². The van der Waals surface area contributed by atoms with Gasteiger partial charge in [0.05, 0.1) is 17.4 Å². The number of aromatic carboxylic acids is 1. The van der Waals surface area contributed by atoms with Crippen molar-refractivity contribution in [2.75, 3.05) is 5.32 Å². The zero-order valence-corrected chi connectivity index (χ0v) is 12.3. The van der Waals surface area contributed by atoms with E-state index in [9.17, 15) is 9.59 Å². The number of hydrogen-bond donors (Lipinski definition) is 2. The molecule has 1 rings (SSSR count). The molecule has 0 spiro atoms. The average Bonchev–Trinajstić information content (AvgIpc) is 2.17. The highest BCUT2D eigenvalue weighted by Crippen LogP contribution is 2.18. The van der Waals surface area contributed by atoms with Crippen LogP contribution in [0.5, 0.6) is 0 Å². The topological polar surface area (TPSA) is 88.5 Å². The molecule has 0 saturated heterocycles. The summed E-state index contributed by atoms with van der Waals surface area (Å²) in [5.41, 5.74) is -0.568. The van der Waals surface area contributed by atoms with E-state index in [0.717, 1.165) is 0 Å². The van der Waals surface area contributed by atoms with Crippen molar-refractivity contribution in [3.63, 3.8) is 0 Å². The number of nitrogens with one attached hydrogen (secondary N) is 1. The Morgan fingerprint density at radius 1 is 1.44 bits per heavy atom. The molecule has 1 aromatic heterocycles. The van der Waals surface area contributed by atoms with Gasteiger partial charge in [-0.25, -0.2) is 14.6 Å². The van der Waals surface area contributed by atoms with E-state index < -0.39 is 17.7 Å². The van der Waals surface area contributed by atoms with Gasteiger partial charge in [-0.05, 0) is 49.4 Å². The lowest BCUT2D eigenvalue weighted by Gasteiger charge is -2.20. The fraction of sp³-hybridized carbons (Fsp3) is 0.364. The molecular formula is C11H13IN2O4. The Morgan fingerprint density at radius 2 is 2.06 bits per heavy atom. The monoisotopic (exact) mass is 364 g/mol. The molecule has 0 fully saturated rings. The van der Waals surface area contributed by atoms with Gasteiger partial charge in [-0.15, -0.1) is 0 Å². The average molecular weight is 364 g/mol. The van der Waals surface area contributed by atoms with Gasteiger partial charge in [0.25, 0.3) is 0 Å². The number of pyridine rings is 1. The van der Waals surface area contributed by atoms with Crippen molar-refractivity contribution in [3.8, 4) is 0 Å². The number of hydrogen-bond acceptors (Lipinski definition) is 4. The van der Waals surface area contributed by atoms with Gasteiger partial charge in [0, 0.05) is 0 Å². The number of carbonyl (C=O) groups excluding carboxylic acids is 1. The molecule has 0 atom stereocenters. The van der Waals surface area contributed by atoms with Gasteiger partial charge < -0.3 is 9.84 Å². The van der Waals surface area contributed by atoms with Crippen molar-refractivity contribution in [3.05, 3.63) is 21.5 Å². The molecule has 0 aliphatic rings. The second-order valence-corrected chi connectivity index (χ2v) is 5.59. The molecule has 1 amide bonds. The van der Waals surface area contributed by atoms with E-state index >= 15 is 0 Å². The molecule has 98 valence electrons. The lowest BCUT2D eigenvalue weighted by molar-refractivity contribution is 0.0636. The standard InChI is InChI=1S/C11H13IN2O4/c1-11(2,3)18-10(17)14-7-5-13-8(12)4-6(7)9(15)16/h4-5H,1-3H3,(H,14,17)(H,15,16). The maximum atomic E-state index is 11.5. The van der Waals surface area contributed by atoms with E-state index in [0.29, 0.717) is 3.70 Å². The van der Waals surface area contributed by atoms with E-state index in [1.807, 2.05) is 22.6 Å². The molecule has 7 heteroatoms. The number of rotatable bonds is 2. The number of aromatic nitrogens is 1. The van der Waals surface area contributed by atoms with Crippen LogP contribution in [0, 0.1) is 3.70 Å². The molecular weight excluding hydrogens is 351 g/mol. The summed E-state index contributed by atoms with van der Waals surface area (Å²) >= 11 is 1.89. The fourth-order valence-corrected chi connectivity index (χ4v) is 1.57. The smallest absolute Gasteiger partial charge is 0.412 e. The second-order valence-electron chi connectivity index (χ2n) is 4.48. The van der Waals surface area contributed by atoms with Crippen LogP contribution in [-0.4, -0.2) is 27.8 Å². The molecule has 0 radical (unpaired) electrons. The van der Waals surface area contributed by atoms with Gasteiger partial charge in [-0.3, -0.25) is 5.32 Å². The van der Waals surface area contributed by atoms with E-state index in [1.165, 1.54) is 12.3 Å². The molecule has 0 saturated carbocycles. The molecule has 0 unspecified atom stereocenters. The summed E-state index contributed by atoms with van der Waals surface area (Å²) in [6, 6.07) is 1.37. The van der Waals surface area contributed by atoms with Crippen LogP contribution in [0.25, 0.3) is 0 Å². The molecule has 2 N–H and O–H groups in total. The Hall–Kier alpha value is -1.38. The first-order valence-corrected chi connectivity index (χ1v) is 6.16. The minimum absolute atomic E-state index is 0.0275. The Labute approximate surface area is 118 Å². The number of carboxylic acid groups (broad SMARTS) is 1. The number of nitrogens with zero attached hydrogens (tertiary/aromatic N) is 1. The lowest BCUT2D eigenvalue weighted by Crippen LogP contribution is -2.27. The second kappa shape index (κ2) is 5.51. The molecule has 0 aliphatic heterocycles. The third-order valence-electron chi connectivity index (χ3n) is 1.74. The minimum atomic E-state index is -1.14. The number of amides is 1. The number of ether oxygens (including phenoxy) is 1. The van der Waals surface area contributed by atoms with Crippen molar-refractivity contribution in [1.82, 2.24) is 4.98 Å². The molecule has 0 aliphatic carbocycles. The van der Waals surface area contributed by atoms with Crippen LogP contribution in [0.2, 0.25) is 0 Å². The van der Waals surface area contributed by atoms with Crippen LogP contribution < -0.4 is 5.32 Å². The summed E-state index contributed by atoms with van der Waals surface area (Å²) in [5, 5.41) is 11.4. The van der Waals surface area contributed by atoms with Gasteiger partial charge in [0.1, 0.15) is 9.30 Å². The maximum absolute atomic E-state index is 11.5. The largest absolute Gasteiger partial charge is 0.478 e. The summed E-state index contributed by atoms with van der Waals surface area (Å²) in [5.74, 6) is -1.14. The highest BCUT2D eigenvalue weighted by molar-refractivity contribution is 14.1. The van der Waals surface area contributed by atoms with Crippen molar-refractivity contribution < 1.29 is 19.4 Å². The van der Waals surface area contributed by atoms with Crippen molar-refractivity contribution in [2.24, 2.45) is 0 Å². The van der Waals surface area contributed by atoms with Crippen molar-refractivity contribution in [2.45, 2.75) is 26.4 Å². The van der Waals surface area contributed by atoms with Crippen LogP contribution in [0.4, 0.5) is 10.5 Å². The summed E-state index contributed by atoms with van der Waals surface area (Å²) in [4.78, 5) is 26.5. The molecule has 0 aromatic carbocycles. The first kappa shape index (κ1) is 14.7. The van der Waals surface area contributed by atoms with Crippen LogP contribution in [0.15, 0.2) is 12.3 Å². The number of carboxylic acids is 1. The summed E-state index contributed by atoms with van der Waals surface area (Å²) < 4.78 is 5.56. The van der Waals surface area contributed by atoms with Gasteiger partial charge >= 0.3 is 12.1 Å². The highest BCUT2D eigenvalue weighted by atomic mass is 127. The maximum Gasteiger partial charge on any atom is 0.412 e. The summed E-state index contributed by atoms with van der Waals surface area (Å²) in [6.45, 7) is 5.16. The van der Waals surface area contributed by atoms with E-state index in [4.69, 9.17) is 9.84 Å². The zero-order valence-electron chi connectivity index (χ0n) is 10.2. The predicted octanol–water partition coefficient (Wildman–Crippen LogP) is 2.73. The SMILES string of the molecule is CC(C)(C)OC(=O)Nc1cnc(I)cc1C(=O)O. The molecule has 6 nitrogen and oxygen atoms in total. The molecule has 1 heterocycles. The Balaban J connectivity index is 2.91. The normalized spacial score (nSPS) is 10.9. The van der Waals surface area contributed by atoms with Crippen LogP contribution in [-0.2, 0) is 4.74 Å². The van der Waals surface area contributed by atoms with E-state index in [-0.39, 0.29) is 11.3 Å². The molecule has 0 bridgehead atoms. The van der Waals surface area contributed by atoms with Gasteiger partial charge in [-0.1, -0.05) is 0 Å². The van der Waals surface area contributed by atoms with Gasteiger partial charge in [0.2, 0.25) is 0 Å². The van der Waals surface area contributed by atoms with Gasteiger partial charge in [-0.2, -0.15) is 0 Å². The zero-order chi connectivity index (χ0) is 13.9. The minimum Gasteiger partial charge on any atom is -0.478 e. The predicted molar refractivity (Wildman–Crippen MR) is 73.8 cm³/mol. The third-order valence-corrected chi connectivity index (χ3v) is 2.33. The lowest BCUT2D eigenvalue weighted by atomic mass is 10.2. The fourth-order valence-electron chi connectivity index (χ4n) is 1.12. The van der Waals surface area contributed by atoms with Crippen molar-refractivity contribution in [1.29, 1.82) is 0 Å². The van der Waals surface area contributed by atoms with Crippen LogP contribution >= 0.6 is 22.6 Å². The number of anilines is 1. The van der Waals surface area contributed by atoms with Crippen LogP contribution in [0.1, 0.15) is 31.1 Å². The highest BCUT2D eigenvalue weighted by Gasteiger charge is 2.19. The first-order chi connectivity index (χ1) is 8.19. The number of carbonyl (C=O) groups is 2. The molecule has 18 heavy (non-hydrogen) atoms. The van der Waals surface area contributed by atoms with Crippen LogP contribution in [0.3, 0.4) is 0 Å². The summed E-state index contributed by atoms with van der Waals surface area (Å²) in [7, 11) is 0. The Morgan fingerprint density at radius 3 is 2.56 bits per heavy atom. The molecule has 1 aromatic rings. The van der Waals surface area contributed by atoms with Gasteiger partial charge in [0.15, 0.2) is 0 Å². The van der Waals surface area contributed by atoms with Crippen molar-refractivity contribution >= 4 is 40.3 Å². The summed E-state index contributed by atoms with van der Waals surface area (Å²) in [6.07, 6.45) is 0.572. The third kappa shape index (κ3) is 4.47. The Kier molecular flexibility index (Phi) is 4.49. The van der Waals surface area contributed by atoms with E-state index in [1.54, 1.807) is 20.8 Å². The number of halogens is 1. The first-order valence-electron chi connectivity index (χ1n) is 5.08. The quantitative estimate of drug-likeness (QED) is 0.622. The Bertz CT molecular complexity index is 482.